The SMILES string of the molecule is CC(C)C(O)C(O)c1ccc2c(c1)OCCCO2. The van der Waals surface area contributed by atoms with E-state index in [4.69, 9.17) is 9.47 Å². The topological polar surface area (TPSA) is 58.9 Å². The van der Waals surface area contributed by atoms with Crippen LogP contribution in [0, 0.1) is 5.92 Å². The molecule has 2 atom stereocenters. The molecule has 100 valence electrons. The summed E-state index contributed by atoms with van der Waals surface area (Å²) in [7, 11) is 0. The number of aliphatic hydroxyl groups excluding tert-OH is 2. The van der Waals surface area contributed by atoms with Crippen LogP contribution < -0.4 is 9.47 Å². The second-order valence-corrected chi connectivity index (χ2v) is 4.94. The largest absolute Gasteiger partial charge is 0.490 e. The fraction of sp³-hybridized carbons (Fsp3) is 0.571. The molecule has 18 heavy (non-hydrogen) atoms. The molecule has 0 saturated heterocycles. The molecule has 0 aliphatic carbocycles. The fourth-order valence-electron chi connectivity index (χ4n) is 1.93. The zero-order valence-electron chi connectivity index (χ0n) is 10.8. The molecular weight excluding hydrogens is 232 g/mol. The third kappa shape index (κ3) is 2.76. The van der Waals surface area contributed by atoms with Gasteiger partial charge in [0.25, 0.3) is 0 Å². The molecule has 0 saturated carbocycles. The molecule has 0 spiro atoms. The molecule has 1 aliphatic heterocycles. The van der Waals surface area contributed by atoms with E-state index in [-0.39, 0.29) is 5.92 Å². The van der Waals surface area contributed by atoms with Crippen LogP contribution in [0.3, 0.4) is 0 Å². The molecule has 1 heterocycles. The molecule has 1 aromatic rings. The monoisotopic (exact) mass is 252 g/mol. The second kappa shape index (κ2) is 5.59. The Labute approximate surface area is 107 Å². The lowest BCUT2D eigenvalue weighted by molar-refractivity contribution is -0.00950. The van der Waals surface area contributed by atoms with E-state index < -0.39 is 12.2 Å². The Morgan fingerprint density at radius 2 is 1.72 bits per heavy atom. The van der Waals surface area contributed by atoms with Gasteiger partial charge >= 0.3 is 0 Å². The fourth-order valence-corrected chi connectivity index (χ4v) is 1.93. The van der Waals surface area contributed by atoms with Gasteiger partial charge in [0.1, 0.15) is 6.10 Å². The van der Waals surface area contributed by atoms with Crippen LogP contribution >= 0.6 is 0 Å². The summed E-state index contributed by atoms with van der Waals surface area (Å²) in [6.07, 6.45) is -0.835. The van der Waals surface area contributed by atoms with Crippen LogP contribution in [0.1, 0.15) is 31.9 Å². The number of rotatable bonds is 3. The lowest BCUT2D eigenvalue weighted by atomic mass is 9.96. The van der Waals surface area contributed by atoms with Crippen LogP contribution in [-0.4, -0.2) is 29.5 Å². The minimum Gasteiger partial charge on any atom is -0.490 e. The highest BCUT2D eigenvalue weighted by atomic mass is 16.5. The van der Waals surface area contributed by atoms with Crippen LogP contribution in [-0.2, 0) is 0 Å². The van der Waals surface area contributed by atoms with Crippen molar-refractivity contribution in [3.05, 3.63) is 23.8 Å². The number of hydrogen-bond donors (Lipinski definition) is 2. The van der Waals surface area contributed by atoms with E-state index >= 15 is 0 Å². The van der Waals surface area contributed by atoms with Crippen LogP contribution in [0.4, 0.5) is 0 Å². The van der Waals surface area contributed by atoms with Crippen LogP contribution in [0.15, 0.2) is 18.2 Å². The third-order valence-corrected chi connectivity index (χ3v) is 3.12. The molecule has 1 aromatic carbocycles. The summed E-state index contributed by atoms with van der Waals surface area (Å²) in [5.41, 5.74) is 0.653. The van der Waals surface area contributed by atoms with Crippen molar-refractivity contribution in [1.29, 1.82) is 0 Å². The highest BCUT2D eigenvalue weighted by molar-refractivity contribution is 5.44. The molecule has 1 aliphatic rings. The molecule has 4 nitrogen and oxygen atoms in total. The average Bonchev–Trinajstić information content (AvgIpc) is 2.60. The lowest BCUT2D eigenvalue weighted by Gasteiger charge is -2.22. The molecule has 0 fully saturated rings. The quantitative estimate of drug-likeness (QED) is 0.862. The standard InChI is InChI=1S/C14H20O4/c1-9(2)13(15)14(16)10-4-5-11-12(8-10)18-7-3-6-17-11/h4-5,8-9,13-16H,3,6-7H2,1-2H3. The molecule has 0 radical (unpaired) electrons. The Kier molecular flexibility index (Phi) is 4.09. The van der Waals surface area contributed by atoms with Crippen molar-refractivity contribution in [2.45, 2.75) is 32.5 Å². The van der Waals surface area contributed by atoms with E-state index in [9.17, 15) is 10.2 Å². The van der Waals surface area contributed by atoms with Gasteiger partial charge in [0, 0.05) is 6.42 Å². The van der Waals surface area contributed by atoms with Gasteiger partial charge in [-0.3, -0.25) is 0 Å². The second-order valence-electron chi connectivity index (χ2n) is 4.94. The molecule has 0 amide bonds. The summed E-state index contributed by atoms with van der Waals surface area (Å²) < 4.78 is 11.1. The van der Waals surface area contributed by atoms with Crippen LogP contribution in [0.5, 0.6) is 11.5 Å². The zero-order valence-corrected chi connectivity index (χ0v) is 10.8. The van der Waals surface area contributed by atoms with Crippen molar-refractivity contribution in [3.63, 3.8) is 0 Å². The summed E-state index contributed by atoms with van der Waals surface area (Å²) in [5.74, 6) is 1.33. The number of benzene rings is 1. The molecular formula is C14H20O4. The van der Waals surface area contributed by atoms with E-state index in [0.29, 0.717) is 30.3 Å². The van der Waals surface area contributed by atoms with Gasteiger partial charge in [0.2, 0.25) is 0 Å². The molecule has 2 rings (SSSR count). The van der Waals surface area contributed by atoms with Crippen molar-refractivity contribution in [2.75, 3.05) is 13.2 Å². The molecule has 4 heteroatoms. The van der Waals surface area contributed by atoms with E-state index in [1.54, 1.807) is 18.2 Å². The highest BCUT2D eigenvalue weighted by Crippen LogP contribution is 2.33. The number of ether oxygens (including phenoxy) is 2. The first-order valence-electron chi connectivity index (χ1n) is 6.35. The first-order valence-corrected chi connectivity index (χ1v) is 6.35. The molecule has 2 unspecified atom stereocenters. The molecule has 0 bridgehead atoms. The highest BCUT2D eigenvalue weighted by Gasteiger charge is 2.23. The maximum Gasteiger partial charge on any atom is 0.161 e. The predicted octanol–water partition coefficient (Wildman–Crippen LogP) is 1.90. The summed E-state index contributed by atoms with van der Waals surface area (Å²) in [6, 6.07) is 5.30. The van der Waals surface area contributed by atoms with Gasteiger partial charge in [-0.2, -0.15) is 0 Å². The van der Waals surface area contributed by atoms with Crippen LogP contribution in [0.2, 0.25) is 0 Å². The van der Waals surface area contributed by atoms with Crippen molar-refractivity contribution in [2.24, 2.45) is 5.92 Å². The minimum atomic E-state index is -0.901. The van der Waals surface area contributed by atoms with E-state index in [1.807, 2.05) is 13.8 Å². The van der Waals surface area contributed by atoms with Gasteiger partial charge in [0.05, 0.1) is 19.3 Å². The average molecular weight is 252 g/mol. The first kappa shape index (κ1) is 13.2. The Morgan fingerprint density at radius 3 is 2.39 bits per heavy atom. The smallest absolute Gasteiger partial charge is 0.161 e. The van der Waals surface area contributed by atoms with Gasteiger partial charge in [-0.25, -0.2) is 0 Å². The van der Waals surface area contributed by atoms with Gasteiger partial charge in [-0.05, 0) is 23.6 Å². The predicted molar refractivity (Wildman–Crippen MR) is 67.9 cm³/mol. The Bertz CT molecular complexity index is 403. The first-order chi connectivity index (χ1) is 8.59. The maximum absolute atomic E-state index is 10.1. The normalized spacial score (nSPS) is 18.3. The summed E-state index contributed by atoms with van der Waals surface area (Å²) in [4.78, 5) is 0. The van der Waals surface area contributed by atoms with Crippen molar-refractivity contribution >= 4 is 0 Å². The van der Waals surface area contributed by atoms with E-state index in [1.165, 1.54) is 0 Å². The van der Waals surface area contributed by atoms with Crippen LogP contribution in [0.25, 0.3) is 0 Å². The van der Waals surface area contributed by atoms with Gasteiger partial charge < -0.3 is 19.7 Å². The summed E-state index contributed by atoms with van der Waals surface area (Å²) >= 11 is 0. The van der Waals surface area contributed by atoms with Crippen molar-refractivity contribution in [3.8, 4) is 11.5 Å². The van der Waals surface area contributed by atoms with Crippen molar-refractivity contribution in [1.82, 2.24) is 0 Å². The van der Waals surface area contributed by atoms with Gasteiger partial charge in [0.15, 0.2) is 11.5 Å². The number of aliphatic hydroxyl groups is 2. The van der Waals surface area contributed by atoms with Gasteiger partial charge in [-0.1, -0.05) is 19.9 Å². The Morgan fingerprint density at radius 1 is 1.06 bits per heavy atom. The zero-order chi connectivity index (χ0) is 13.1. The minimum absolute atomic E-state index is 0.00372. The van der Waals surface area contributed by atoms with Gasteiger partial charge in [-0.15, -0.1) is 0 Å². The number of hydrogen-bond acceptors (Lipinski definition) is 4. The summed E-state index contributed by atoms with van der Waals surface area (Å²) in [6.45, 7) is 5.00. The summed E-state index contributed by atoms with van der Waals surface area (Å²) in [5, 5.41) is 20.0. The Hall–Kier alpha value is -1.26. The number of fused-ring (bicyclic) bond motifs is 1. The third-order valence-electron chi connectivity index (χ3n) is 3.12. The lowest BCUT2D eigenvalue weighted by Crippen LogP contribution is -2.23. The van der Waals surface area contributed by atoms with Crippen molar-refractivity contribution < 1.29 is 19.7 Å². The molecule has 0 aromatic heterocycles. The van der Waals surface area contributed by atoms with E-state index in [2.05, 4.69) is 0 Å². The Balaban J connectivity index is 2.22. The maximum atomic E-state index is 10.1. The molecule has 2 N–H and O–H groups in total. The van der Waals surface area contributed by atoms with E-state index in [0.717, 1.165) is 6.42 Å².